The van der Waals surface area contributed by atoms with Gasteiger partial charge < -0.3 is 10.8 Å². The monoisotopic (exact) mass is 245 g/mol. The van der Waals surface area contributed by atoms with Crippen molar-refractivity contribution in [1.82, 2.24) is 0 Å². The Balaban J connectivity index is 2.46. The van der Waals surface area contributed by atoms with Crippen molar-refractivity contribution in [1.29, 1.82) is 0 Å². The Labute approximate surface area is 94.7 Å². The first-order chi connectivity index (χ1) is 7.37. The van der Waals surface area contributed by atoms with Crippen LogP contribution in [-0.2, 0) is 16.5 Å². The number of aliphatic hydroxyl groups excluding tert-OH is 1. The second-order valence-electron chi connectivity index (χ2n) is 3.69. The van der Waals surface area contributed by atoms with Crippen LogP contribution in [0.1, 0.15) is 12.0 Å². The molecule has 0 aliphatic carbocycles. The summed E-state index contributed by atoms with van der Waals surface area (Å²) in [6, 6.07) is 7.15. The maximum Gasteiger partial charge on any atom is 0.267 e. The quantitative estimate of drug-likeness (QED) is 0.516. The molecule has 0 spiro atoms. The molecule has 0 aromatic heterocycles. The summed E-state index contributed by atoms with van der Waals surface area (Å²) >= 11 is 0. The second kappa shape index (κ2) is 5.29. The number of rotatable bonds is 5. The molecule has 1 rings (SSSR count). The average molecular weight is 245 g/mol. The molecule has 6 heteroatoms. The number of aryl methyl sites for hydroxylation is 1. The van der Waals surface area contributed by atoms with Crippen LogP contribution >= 0.6 is 0 Å². The number of hydrogen-bond acceptors (Lipinski definition) is 4. The number of nitrogen functional groups attached to an aromatic ring is 1. The van der Waals surface area contributed by atoms with E-state index in [-0.39, 0.29) is 6.42 Å². The third-order valence-electron chi connectivity index (χ3n) is 2.12. The summed E-state index contributed by atoms with van der Waals surface area (Å²) < 4.78 is 29.5. The Hall–Kier alpha value is -1.11. The van der Waals surface area contributed by atoms with Crippen molar-refractivity contribution in [3.8, 4) is 0 Å². The van der Waals surface area contributed by atoms with Gasteiger partial charge in [-0.3, -0.25) is 4.55 Å². The average Bonchev–Trinajstić information content (AvgIpc) is 2.12. The molecule has 5 nitrogen and oxygen atoms in total. The summed E-state index contributed by atoms with van der Waals surface area (Å²) in [7, 11) is -4.11. The zero-order chi connectivity index (χ0) is 12.2. The van der Waals surface area contributed by atoms with Crippen LogP contribution in [0.25, 0.3) is 0 Å². The van der Waals surface area contributed by atoms with E-state index in [1.54, 1.807) is 18.2 Å². The van der Waals surface area contributed by atoms with Gasteiger partial charge in [-0.1, -0.05) is 12.1 Å². The number of benzene rings is 1. The van der Waals surface area contributed by atoms with Crippen LogP contribution in [0.3, 0.4) is 0 Å². The molecule has 0 aliphatic heterocycles. The molecule has 1 aromatic carbocycles. The highest BCUT2D eigenvalue weighted by Crippen LogP contribution is 2.10. The van der Waals surface area contributed by atoms with E-state index >= 15 is 0 Å². The first-order valence-electron chi connectivity index (χ1n) is 4.84. The summed E-state index contributed by atoms with van der Waals surface area (Å²) in [6.07, 6.45) is -0.276. The fraction of sp³-hybridized carbons (Fsp3) is 0.400. The summed E-state index contributed by atoms with van der Waals surface area (Å²) in [6.45, 7) is 0. The van der Waals surface area contributed by atoms with E-state index in [1.807, 2.05) is 6.07 Å². The molecule has 1 atom stereocenters. The maximum absolute atomic E-state index is 10.5. The molecule has 0 saturated carbocycles. The lowest BCUT2D eigenvalue weighted by Crippen LogP contribution is -2.20. The lowest BCUT2D eigenvalue weighted by atomic mass is 10.1. The topological polar surface area (TPSA) is 101 Å². The minimum Gasteiger partial charge on any atom is -0.399 e. The molecule has 1 aromatic rings. The molecule has 0 fully saturated rings. The number of anilines is 1. The van der Waals surface area contributed by atoms with Gasteiger partial charge in [0.1, 0.15) is 5.75 Å². The highest BCUT2D eigenvalue weighted by atomic mass is 32.2. The Morgan fingerprint density at radius 2 is 2.06 bits per heavy atom. The molecule has 0 bridgehead atoms. The lowest BCUT2D eigenvalue weighted by molar-refractivity contribution is 0.185. The van der Waals surface area contributed by atoms with Gasteiger partial charge in [0.05, 0.1) is 6.10 Å². The summed E-state index contributed by atoms with van der Waals surface area (Å²) in [4.78, 5) is 0. The second-order valence-corrected chi connectivity index (χ2v) is 5.18. The molecule has 0 heterocycles. The first kappa shape index (κ1) is 13.0. The van der Waals surface area contributed by atoms with E-state index in [4.69, 9.17) is 10.3 Å². The van der Waals surface area contributed by atoms with Gasteiger partial charge >= 0.3 is 0 Å². The number of aliphatic hydroxyl groups is 1. The normalized spacial score (nSPS) is 13.6. The van der Waals surface area contributed by atoms with E-state index in [2.05, 4.69) is 0 Å². The third-order valence-corrected chi connectivity index (χ3v) is 2.93. The van der Waals surface area contributed by atoms with Crippen LogP contribution in [-0.4, -0.2) is 29.9 Å². The van der Waals surface area contributed by atoms with Crippen molar-refractivity contribution < 1.29 is 18.1 Å². The van der Waals surface area contributed by atoms with Crippen molar-refractivity contribution in [2.45, 2.75) is 18.9 Å². The standard InChI is InChI=1S/C10H15NO4S/c11-9-3-1-2-8(6-9)4-5-10(12)7-16(13,14)15/h1-3,6,10,12H,4-5,7,11H2,(H,13,14,15). The minimum absolute atomic E-state index is 0.267. The van der Waals surface area contributed by atoms with Crippen LogP contribution in [0.4, 0.5) is 5.69 Å². The molecular formula is C10H15NO4S. The Kier molecular flexibility index (Phi) is 4.28. The largest absolute Gasteiger partial charge is 0.399 e. The fourth-order valence-electron chi connectivity index (χ4n) is 1.41. The van der Waals surface area contributed by atoms with E-state index in [9.17, 15) is 13.5 Å². The Bertz CT molecular complexity index is 444. The molecule has 90 valence electrons. The summed E-state index contributed by atoms with van der Waals surface area (Å²) in [5.74, 6) is -0.630. The summed E-state index contributed by atoms with van der Waals surface area (Å²) in [5.41, 5.74) is 7.12. The van der Waals surface area contributed by atoms with Crippen LogP contribution in [0.15, 0.2) is 24.3 Å². The van der Waals surface area contributed by atoms with Crippen molar-refractivity contribution in [2.24, 2.45) is 0 Å². The van der Waals surface area contributed by atoms with Crippen LogP contribution in [0.5, 0.6) is 0 Å². The molecule has 16 heavy (non-hydrogen) atoms. The van der Waals surface area contributed by atoms with Crippen LogP contribution in [0, 0.1) is 0 Å². The highest BCUT2D eigenvalue weighted by molar-refractivity contribution is 7.85. The van der Waals surface area contributed by atoms with E-state index in [0.29, 0.717) is 12.1 Å². The van der Waals surface area contributed by atoms with Crippen molar-refractivity contribution in [3.63, 3.8) is 0 Å². The predicted molar refractivity (Wildman–Crippen MR) is 61.6 cm³/mol. The zero-order valence-corrected chi connectivity index (χ0v) is 9.52. The minimum atomic E-state index is -4.11. The summed E-state index contributed by atoms with van der Waals surface area (Å²) in [5, 5.41) is 9.34. The number of hydrogen-bond donors (Lipinski definition) is 3. The molecule has 0 radical (unpaired) electrons. The molecule has 1 unspecified atom stereocenters. The van der Waals surface area contributed by atoms with Gasteiger partial charge in [-0.05, 0) is 30.5 Å². The molecular weight excluding hydrogens is 230 g/mol. The predicted octanol–water partition coefficient (Wildman–Crippen LogP) is 0.450. The van der Waals surface area contributed by atoms with E-state index in [1.165, 1.54) is 0 Å². The zero-order valence-electron chi connectivity index (χ0n) is 8.70. The lowest BCUT2D eigenvalue weighted by Gasteiger charge is -2.08. The first-order valence-corrected chi connectivity index (χ1v) is 6.45. The smallest absolute Gasteiger partial charge is 0.267 e. The van der Waals surface area contributed by atoms with Gasteiger partial charge in [-0.25, -0.2) is 0 Å². The van der Waals surface area contributed by atoms with Crippen LogP contribution in [0.2, 0.25) is 0 Å². The molecule has 0 aliphatic rings. The van der Waals surface area contributed by atoms with Crippen molar-refractivity contribution >= 4 is 15.8 Å². The van der Waals surface area contributed by atoms with Crippen molar-refractivity contribution in [2.75, 3.05) is 11.5 Å². The SMILES string of the molecule is Nc1cccc(CCC(O)CS(=O)(=O)O)c1. The molecule has 4 N–H and O–H groups in total. The Morgan fingerprint density at radius 3 is 2.62 bits per heavy atom. The number of nitrogens with two attached hydrogens (primary N) is 1. The third kappa shape index (κ3) is 5.11. The fourth-order valence-corrected chi connectivity index (χ4v) is 2.06. The van der Waals surface area contributed by atoms with Gasteiger partial charge in [0.2, 0.25) is 0 Å². The van der Waals surface area contributed by atoms with Crippen LogP contribution < -0.4 is 5.73 Å². The molecule has 0 amide bonds. The van der Waals surface area contributed by atoms with Gasteiger partial charge in [-0.15, -0.1) is 0 Å². The van der Waals surface area contributed by atoms with Crippen molar-refractivity contribution in [3.05, 3.63) is 29.8 Å². The maximum atomic E-state index is 10.5. The van der Waals surface area contributed by atoms with Gasteiger partial charge in [0, 0.05) is 5.69 Å². The van der Waals surface area contributed by atoms with Gasteiger partial charge in [-0.2, -0.15) is 8.42 Å². The highest BCUT2D eigenvalue weighted by Gasteiger charge is 2.13. The van der Waals surface area contributed by atoms with E-state index < -0.39 is 22.0 Å². The van der Waals surface area contributed by atoms with E-state index in [0.717, 1.165) is 5.56 Å². The van der Waals surface area contributed by atoms with Gasteiger partial charge in [0.15, 0.2) is 0 Å². The molecule has 0 saturated heterocycles. The Morgan fingerprint density at radius 1 is 1.38 bits per heavy atom. The van der Waals surface area contributed by atoms with Gasteiger partial charge in [0.25, 0.3) is 10.1 Å².